The monoisotopic (exact) mass is 429 g/mol. The summed E-state index contributed by atoms with van der Waals surface area (Å²) in [5.41, 5.74) is 1.94. The lowest BCUT2D eigenvalue weighted by atomic mass is 9.94. The van der Waals surface area contributed by atoms with Gasteiger partial charge in [0.15, 0.2) is 0 Å². The van der Waals surface area contributed by atoms with E-state index in [4.69, 9.17) is 4.74 Å². The molecule has 3 amide bonds. The standard InChI is InChI=1S/C24H35N3O4/c1-16(2)17(3)25-24(30)18-10-12-27(13-11-18)23(29)5-4-14-31-20-7-8-21-19(15-20)6-9-22(28)26-21/h7-8,15-18H,4-6,9-14H2,1-3H3,(H,25,30)(H,26,28). The molecule has 1 aromatic carbocycles. The third-order valence-corrected chi connectivity index (χ3v) is 6.36. The molecule has 0 aliphatic carbocycles. The molecule has 3 rings (SSSR count). The zero-order valence-corrected chi connectivity index (χ0v) is 18.9. The molecule has 1 saturated heterocycles. The highest BCUT2D eigenvalue weighted by molar-refractivity contribution is 5.94. The second kappa shape index (κ2) is 10.6. The molecule has 1 unspecified atom stereocenters. The number of rotatable bonds is 8. The first-order valence-corrected chi connectivity index (χ1v) is 11.5. The highest BCUT2D eigenvalue weighted by atomic mass is 16.5. The van der Waals surface area contributed by atoms with E-state index < -0.39 is 0 Å². The van der Waals surface area contributed by atoms with E-state index in [0.717, 1.165) is 36.3 Å². The fraction of sp³-hybridized carbons (Fsp3) is 0.625. The van der Waals surface area contributed by atoms with E-state index in [1.165, 1.54) is 0 Å². The lowest BCUT2D eigenvalue weighted by Crippen LogP contribution is -2.45. The number of aryl methyl sites for hydroxylation is 1. The Bertz CT molecular complexity index is 800. The highest BCUT2D eigenvalue weighted by Crippen LogP contribution is 2.27. The van der Waals surface area contributed by atoms with Gasteiger partial charge in [0.1, 0.15) is 5.75 Å². The van der Waals surface area contributed by atoms with Crippen molar-refractivity contribution >= 4 is 23.4 Å². The van der Waals surface area contributed by atoms with Gasteiger partial charge >= 0.3 is 0 Å². The van der Waals surface area contributed by atoms with E-state index in [2.05, 4.69) is 24.5 Å². The molecule has 0 radical (unpaired) electrons. The maximum Gasteiger partial charge on any atom is 0.224 e. The molecule has 0 saturated carbocycles. The van der Waals surface area contributed by atoms with Gasteiger partial charge in [0.2, 0.25) is 17.7 Å². The van der Waals surface area contributed by atoms with Crippen LogP contribution in [0.4, 0.5) is 5.69 Å². The molecule has 170 valence electrons. The molecule has 2 N–H and O–H groups in total. The van der Waals surface area contributed by atoms with Gasteiger partial charge in [-0.3, -0.25) is 14.4 Å². The van der Waals surface area contributed by atoms with E-state index >= 15 is 0 Å². The number of ether oxygens (including phenoxy) is 1. The largest absolute Gasteiger partial charge is 0.494 e. The van der Waals surface area contributed by atoms with Crippen LogP contribution >= 0.6 is 0 Å². The zero-order valence-electron chi connectivity index (χ0n) is 18.9. The first-order chi connectivity index (χ1) is 14.8. The summed E-state index contributed by atoms with van der Waals surface area (Å²) in [6, 6.07) is 5.85. The van der Waals surface area contributed by atoms with Gasteiger partial charge in [-0.25, -0.2) is 0 Å². The second-order valence-electron chi connectivity index (χ2n) is 9.02. The summed E-state index contributed by atoms with van der Waals surface area (Å²) in [7, 11) is 0. The van der Waals surface area contributed by atoms with Gasteiger partial charge in [0, 0.05) is 43.6 Å². The van der Waals surface area contributed by atoms with Crippen LogP contribution in [0.25, 0.3) is 0 Å². The van der Waals surface area contributed by atoms with Crippen molar-refractivity contribution < 1.29 is 19.1 Å². The number of carbonyl (C=O) groups is 3. The Balaban J connectivity index is 1.35. The summed E-state index contributed by atoms with van der Waals surface area (Å²) in [5.74, 6) is 1.48. The molecule has 0 spiro atoms. The Morgan fingerprint density at radius 1 is 1.19 bits per heavy atom. The predicted molar refractivity (Wildman–Crippen MR) is 120 cm³/mol. The van der Waals surface area contributed by atoms with Crippen LogP contribution in [-0.2, 0) is 20.8 Å². The lowest BCUT2D eigenvalue weighted by molar-refractivity contribution is -0.136. The number of amides is 3. The molecule has 7 heteroatoms. The quantitative estimate of drug-likeness (QED) is 0.622. The SMILES string of the molecule is CC(C)C(C)NC(=O)C1CCN(C(=O)CCCOc2ccc3c(c2)CCC(=O)N3)CC1. The molecule has 2 aliphatic heterocycles. The van der Waals surface area contributed by atoms with Crippen molar-refractivity contribution in [1.29, 1.82) is 0 Å². The van der Waals surface area contributed by atoms with Crippen LogP contribution in [0.2, 0.25) is 0 Å². The molecule has 31 heavy (non-hydrogen) atoms. The Labute approximate surface area is 184 Å². The van der Waals surface area contributed by atoms with Crippen LogP contribution in [0.3, 0.4) is 0 Å². The van der Waals surface area contributed by atoms with Gasteiger partial charge in [0.05, 0.1) is 6.61 Å². The molecule has 1 aromatic rings. The topological polar surface area (TPSA) is 87.7 Å². The van der Waals surface area contributed by atoms with E-state index in [1.54, 1.807) is 0 Å². The summed E-state index contributed by atoms with van der Waals surface area (Å²) < 4.78 is 5.80. The smallest absolute Gasteiger partial charge is 0.224 e. The van der Waals surface area contributed by atoms with Crippen LogP contribution in [0, 0.1) is 11.8 Å². The average molecular weight is 430 g/mol. The van der Waals surface area contributed by atoms with E-state index in [-0.39, 0.29) is 29.7 Å². The van der Waals surface area contributed by atoms with Gasteiger partial charge < -0.3 is 20.3 Å². The number of carbonyl (C=O) groups excluding carboxylic acids is 3. The number of hydrogen-bond acceptors (Lipinski definition) is 4. The van der Waals surface area contributed by atoms with Gasteiger partial charge in [0.25, 0.3) is 0 Å². The number of anilines is 1. The number of hydrogen-bond donors (Lipinski definition) is 2. The van der Waals surface area contributed by atoms with E-state index in [1.807, 2.05) is 30.0 Å². The molecular weight excluding hydrogens is 394 g/mol. The minimum Gasteiger partial charge on any atom is -0.494 e. The van der Waals surface area contributed by atoms with Crippen molar-refractivity contribution in [3.8, 4) is 5.75 Å². The molecule has 2 heterocycles. The van der Waals surface area contributed by atoms with Gasteiger partial charge in [-0.15, -0.1) is 0 Å². The Morgan fingerprint density at radius 3 is 2.65 bits per heavy atom. The summed E-state index contributed by atoms with van der Waals surface area (Å²) in [6.45, 7) is 7.99. The number of benzene rings is 1. The third-order valence-electron chi connectivity index (χ3n) is 6.36. The average Bonchev–Trinajstić information content (AvgIpc) is 2.76. The van der Waals surface area contributed by atoms with Crippen molar-refractivity contribution in [2.45, 2.75) is 65.3 Å². The minimum absolute atomic E-state index is 0.00220. The van der Waals surface area contributed by atoms with Crippen molar-refractivity contribution in [2.24, 2.45) is 11.8 Å². The first kappa shape index (κ1) is 23.1. The second-order valence-corrected chi connectivity index (χ2v) is 9.02. The maximum atomic E-state index is 12.5. The number of nitrogens with one attached hydrogen (secondary N) is 2. The van der Waals surface area contributed by atoms with Crippen molar-refractivity contribution in [3.05, 3.63) is 23.8 Å². The zero-order chi connectivity index (χ0) is 22.4. The van der Waals surface area contributed by atoms with Crippen molar-refractivity contribution in [1.82, 2.24) is 10.2 Å². The first-order valence-electron chi connectivity index (χ1n) is 11.5. The van der Waals surface area contributed by atoms with E-state index in [9.17, 15) is 14.4 Å². The van der Waals surface area contributed by atoms with Crippen LogP contribution in [0.5, 0.6) is 5.75 Å². The molecule has 0 bridgehead atoms. The van der Waals surface area contributed by atoms with Gasteiger partial charge in [-0.2, -0.15) is 0 Å². The molecular formula is C24H35N3O4. The minimum atomic E-state index is 0.00220. The number of fused-ring (bicyclic) bond motifs is 1. The highest BCUT2D eigenvalue weighted by Gasteiger charge is 2.28. The van der Waals surface area contributed by atoms with Crippen LogP contribution in [0.1, 0.15) is 58.4 Å². The molecule has 1 atom stereocenters. The Morgan fingerprint density at radius 2 is 1.94 bits per heavy atom. The molecule has 0 aromatic heterocycles. The predicted octanol–water partition coefficient (Wildman–Crippen LogP) is 3.13. The van der Waals surface area contributed by atoms with Crippen molar-refractivity contribution in [3.63, 3.8) is 0 Å². The fourth-order valence-corrected chi connectivity index (χ4v) is 3.92. The normalized spacial score (nSPS) is 17.7. The summed E-state index contributed by atoms with van der Waals surface area (Å²) in [4.78, 5) is 38.2. The number of nitrogens with zero attached hydrogens (tertiary/aromatic N) is 1. The molecule has 7 nitrogen and oxygen atoms in total. The third kappa shape index (κ3) is 6.45. The molecule has 1 fully saturated rings. The summed E-state index contributed by atoms with van der Waals surface area (Å²) in [5, 5.41) is 5.95. The van der Waals surface area contributed by atoms with Gasteiger partial charge in [-0.1, -0.05) is 13.8 Å². The van der Waals surface area contributed by atoms with E-state index in [0.29, 0.717) is 44.9 Å². The summed E-state index contributed by atoms with van der Waals surface area (Å²) >= 11 is 0. The maximum absolute atomic E-state index is 12.5. The summed E-state index contributed by atoms with van der Waals surface area (Å²) in [6.07, 6.45) is 3.78. The van der Waals surface area contributed by atoms with Crippen LogP contribution in [0.15, 0.2) is 18.2 Å². The lowest BCUT2D eigenvalue weighted by Gasteiger charge is -2.32. The number of likely N-dealkylation sites (tertiary alicyclic amines) is 1. The van der Waals surface area contributed by atoms with Crippen molar-refractivity contribution in [2.75, 3.05) is 25.0 Å². The Hall–Kier alpha value is -2.57. The fourth-order valence-electron chi connectivity index (χ4n) is 3.92. The van der Waals surface area contributed by atoms with Crippen LogP contribution < -0.4 is 15.4 Å². The van der Waals surface area contributed by atoms with Crippen LogP contribution in [-0.4, -0.2) is 48.4 Å². The Kier molecular flexibility index (Phi) is 7.93. The number of piperidine rings is 1. The van der Waals surface area contributed by atoms with Gasteiger partial charge in [-0.05, 0) is 62.3 Å². The molecule has 2 aliphatic rings.